The Morgan fingerprint density at radius 3 is 2.31 bits per heavy atom. The minimum Gasteiger partial charge on any atom is -0.371 e. The van der Waals surface area contributed by atoms with Gasteiger partial charge in [-0.3, -0.25) is 9.11 Å². The summed E-state index contributed by atoms with van der Waals surface area (Å²) in [5.74, 6) is 5.22. The average Bonchev–Trinajstić information content (AvgIpc) is 2.76. The van der Waals surface area contributed by atoms with Gasteiger partial charge in [-0.1, -0.05) is 17.9 Å². The number of hydrogen-bond donors (Lipinski definition) is 6. The normalized spacial score (nSPS) is 18.5. The standard InChI is InChI=1S/C20H21N7O6S2/c21-19(22)26-20(23)25-15-6-7-16(27-8-2-1-3-9-27)14(11-15)5-4-13-10-17(34(28,29)30)18(24-12-13)35(31,32)33/h1-3,6-9,11-12,17-18,24H,10H2,(H7-,21,22,23,25,26,28,29,30,31,32,33)/p+1/t17-,18-/m1/s1. The number of aromatic nitrogens is 1. The number of hydrogen-bond acceptors (Lipinski definition) is 6. The SMILES string of the molecule is NC(N)=NC(N)=Nc1ccc(-[n+]2ccccc2)c(C#CC2=CN[C@H](S(=O)(=O)O)[C@H](S(=O)(=O)O)C2)c1. The number of rotatable bonds is 4. The summed E-state index contributed by atoms with van der Waals surface area (Å²) >= 11 is 0. The van der Waals surface area contributed by atoms with E-state index in [-0.39, 0.29) is 17.5 Å². The van der Waals surface area contributed by atoms with E-state index in [0.29, 0.717) is 16.9 Å². The van der Waals surface area contributed by atoms with Crippen LogP contribution in [0.1, 0.15) is 12.0 Å². The Hall–Kier alpha value is -3.97. The van der Waals surface area contributed by atoms with Crippen molar-refractivity contribution in [3.63, 3.8) is 0 Å². The van der Waals surface area contributed by atoms with Gasteiger partial charge in [0.25, 0.3) is 20.2 Å². The fraction of sp³-hybridized carbons (Fsp3) is 0.150. The molecule has 0 bridgehead atoms. The van der Waals surface area contributed by atoms with Gasteiger partial charge >= 0.3 is 0 Å². The van der Waals surface area contributed by atoms with Gasteiger partial charge in [0, 0.05) is 36.4 Å². The molecule has 184 valence electrons. The van der Waals surface area contributed by atoms with E-state index in [2.05, 4.69) is 27.1 Å². The van der Waals surface area contributed by atoms with E-state index in [9.17, 15) is 25.9 Å². The van der Waals surface area contributed by atoms with Crippen LogP contribution in [0.4, 0.5) is 5.69 Å². The van der Waals surface area contributed by atoms with Crippen LogP contribution in [0.15, 0.2) is 70.5 Å². The molecule has 3 rings (SSSR count). The number of benzene rings is 1. The van der Waals surface area contributed by atoms with Crippen molar-refractivity contribution in [2.24, 2.45) is 27.2 Å². The summed E-state index contributed by atoms with van der Waals surface area (Å²) in [4.78, 5) is 7.76. The Morgan fingerprint density at radius 2 is 1.71 bits per heavy atom. The molecular formula is C20H22N7O6S2+. The van der Waals surface area contributed by atoms with Gasteiger partial charge in [-0.25, -0.2) is 4.99 Å². The molecule has 0 spiro atoms. The second-order valence-electron chi connectivity index (χ2n) is 7.27. The molecule has 2 heterocycles. The third-order valence-electron chi connectivity index (χ3n) is 4.70. The highest BCUT2D eigenvalue weighted by Gasteiger charge is 2.42. The average molecular weight is 521 g/mol. The molecule has 0 unspecified atom stereocenters. The lowest BCUT2D eigenvalue weighted by atomic mass is 10.1. The van der Waals surface area contributed by atoms with Gasteiger partial charge in [-0.05, 0) is 12.1 Å². The number of allylic oxidation sites excluding steroid dienone is 1. The first-order valence-electron chi connectivity index (χ1n) is 9.79. The van der Waals surface area contributed by atoms with Crippen molar-refractivity contribution in [2.75, 3.05) is 0 Å². The molecule has 9 N–H and O–H groups in total. The molecular weight excluding hydrogens is 498 g/mol. The van der Waals surface area contributed by atoms with E-state index >= 15 is 0 Å². The third-order valence-corrected chi connectivity index (χ3v) is 7.19. The first kappa shape index (κ1) is 25.6. The highest BCUT2D eigenvalue weighted by Crippen LogP contribution is 2.23. The van der Waals surface area contributed by atoms with E-state index in [1.165, 1.54) is 6.20 Å². The molecule has 1 aliphatic heterocycles. The number of pyridine rings is 1. The van der Waals surface area contributed by atoms with E-state index in [1.54, 1.807) is 47.3 Å². The lowest BCUT2D eigenvalue weighted by Gasteiger charge is -2.26. The summed E-state index contributed by atoms with van der Waals surface area (Å²) in [5, 5.41) is -1.51. The fourth-order valence-corrected chi connectivity index (χ4v) is 5.56. The number of guanidine groups is 2. The topological polar surface area (TPSA) is 227 Å². The molecule has 15 heteroatoms. The predicted octanol–water partition coefficient (Wildman–Crippen LogP) is -1.12. The Morgan fingerprint density at radius 1 is 1.03 bits per heavy atom. The summed E-state index contributed by atoms with van der Waals surface area (Å²) in [7, 11) is -9.65. The monoisotopic (exact) mass is 520 g/mol. The van der Waals surface area contributed by atoms with E-state index < -0.39 is 37.3 Å². The quantitative estimate of drug-likeness (QED) is 0.0935. The molecule has 0 fully saturated rings. The largest absolute Gasteiger partial charge is 0.371 e. The molecule has 0 amide bonds. The molecule has 1 aromatic heterocycles. The van der Waals surface area contributed by atoms with Crippen LogP contribution in [0.5, 0.6) is 0 Å². The van der Waals surface area contributed by atoms with Crippen LogP contribution in [0.2, 0.25) is 0 Å². The Kier molecular flexibility index (Phi) is 7.41. The van der Waals surface area contributed by atoms with E-state index in [0.717, 1.165) is 0 Å². The van der Waals surface area contributed by atoms with Crippen LogP contribution in [0, 0.1) is 11.8 Å². The van der Waals surface area contributed by atoms with Crippen LogP contribution in [0.3, 0.4) is 0 Å². The van der Waals surface area contributed by atoms with E-state index in [1.807, 2.05) is 6.07 Å². The molecule has 13 nitrogen and oxygen atoms in total. The number of aliphatic imine (C=N–C) groups is 2. The van der Waals surface area contributed by atoms with E-state index in [4.69, 9.17) is 17.2 Å². The van der Waals surface area contributed by atoms with Gasteiger partial charge in [0.15, 0.2) is 23.7 Å². The molecule has 0 radical (unpaired) electrons. The van der Waals surface area contributed by atoms with Crippen molar-refractivity contribution < 1.29 is 30.5 Å². The van der Waals surface area contributed by atoms with Crippen LogP contribution in [-0.4, -0.2) is 48.5 Å². The fourth-order valence-electron chi connectivity index (χ4n) is 3.21. The zero-order chi connectivity index (χ0) is 25.8. The second-order valence-corrected chi connectivity index (χ2v) is 10.4. The molecule has 1 aliphatic rings. The first-order valence-corrected chi connectivity index (χ1v) is 12.8. The zero-order valence-electron chi connectivity index (χ0n) is 18.0. The van der Waals surface area contributed by atoms with Crippen molar-refractivity contribution in [1.29, 1.82) is 0 Å². The maximum Gasteiger partial charge on any atom is 0.287 e. The maximum atomic E-state index is 11.7. The van der Waals surface area contributed by atoms with Gasteiger partial charge in [0.05, 0.1) is 11.3 Å². The van der Waals surface area contributed by atoms with Crippen molar-refractivity contribution in [2.45, 2.75) is 17.0 Å². The number of nitrogens with one attached hydrogen (secondary N) is 1. The molecule has 0 saturated heterocycles. The second kappa shape index (κ2) is 10.1. The summed E-state index contributed by atoms with van der Waals surface area (Å²) in [6.07, 6.45) is 4.28. The predicted molar refractivity (Wildman–Crippen MR) is 128 cm³/mol. The van der Waals surface area contributed by atoms with Crippen molar-refractivity contribution in [3.05, 3.63) is 66.1 Å². The van der Waals surface area contributed by atoms with Crippen LogP contribution in [-0.2, 0) is 20.2 Å². The van der Waals surface area contributed by atoms with Gasteiger partial charge in [-0.15, -0.1) is 0 Å². The van der Waals surface area contributed by atoms with Gasteiger partial charge in [0.2, 0.25) is 11.6 Å². The maximum absolute atomic E-state index is 11.7. The Balaban J connectivity index is 2.06. The summed E-state index contributed by atoms with van der Waals surface area (Å²) in [6, 6.07) is 10.4. The molecule has 0 saturated carbocycles. The molecule has 2 aromatic rings. The molecule has 1 aromatic carbocycles. The van der Waals surface area contributed by atoms with Crippen molar-refractivity contribution >= 4 is 37.8 Å². The lowest BCUT2D eigenvalue weighted by molar-refractivity contribution is -0.595. The summed E-state index contributed by atoms with van der Waals surface area (Å²) < 4.78 is 67.1. The summed E-state index contributed by atoms with van der Waals surface area (Å²) in [6.45, 7) is 0. The van der Waals surface area contributed by atoms with Gasteiger partial charge < -0.3 is 22.5 Å². The minimum atomic E-state index is -4.83. The van der Waals surface area contributed by atoms with Crippen molar-refractivity contribution in [1.82, 2.24) is 5.32 Å². The molecule has 35 heavy (non-hydrogen) atoms. The first-order chi connectivity index (χ1) is 16.3. The Bertz CT molecular complexity index is 1490. The Labute approximate surface area is 201 Å². The van der Waals surface area contributed by atoms with Crippen LogP contribution >= 0.6 is 0 Å². The zero-order valence-corrected chi connectivity index (χ0v) is 19.6. The highest BCUT2D eigenvalue weighted by atomic mass is 32.2. The van der Waals surface area contributed by atoms with Crippen molar-refractivity contribution in [3.8, 4) is 17.5 Å². The van der Waals surface area contributed by atoms with Crippen LogP contribution < -0.4 is 27.1 Å². The summed E-state index contributed by atoms with van der Waals surface area (Å²) in [5.41, 5.74) is 17.9. The highest BCUT2D eigenvalue weighted by molar-refractivity contribution is 7.90. The number of nitrogens with zero attached hydrogens (tertiary/aromatic N) is 3. The molecule has 0 aliphatic carbocycles. The lowest BCUT2D eigenvalue weighted by Crippen LogP contribution is -2.49. The van der Waals surface area contributed by atoms with Crippen LogP contribution in [0.25, 0.3) is 5.69 Å². The molecule has 2 atom stereocenters. The minimum absolute atomic E-state index is 0.172. The van der Waals surface area contributed by atoms with Gasteiger partial charge in [0.1, 0.15) is 5.25 Å². The number of nitrogens with two attached hydrogens (primary N) is 3. The smallest absolute Gasteiger partial charge is 0.287 e. The third kappa shape index (κ3) is 6.77. The van der Waals surface area contributed by atoms with Gasteiger partial charge in [-0.2, -0.15) is 26.4 Å².